The van der Waals surface area contributed by atoms with Gasteiger partial charge in [0.05, 0.1) is 11.6 Å². The molecule has 2 rings (SSSR count). The quantitative estimate of drug-likeness (QED) is 0.747. The number of hydrogen-bond donors (Lipinski definition) is 2. The number of Topliss-reactive ketones (excluding diaryl/α,β-unsaturated/α-hetero) is 1. The number of nitrogens with two attached hydrogens (primary N) is 1. The van der Waals surface area contributed by atoms with Crippen molar-refractivity contribution in [1.82, 2.24) is 10.3 Å². The van der Waals surface area contributed by atoms with Crippen LogP contribution in [0.15, 0.2) is 12.3 Å². The van der Waals surface area contributed by atoms with Gasteiger partial charge in [-0.1, -0.05) is 0 Å². The number of aromatic nitrogens is 1. The number of carbonyl (C=O) groups excluding carboxylic acids is 1. The SMILES string of the molecule is Cc1cnc(N)c(C(=O)C2CSCCN2)c1. The van der Waals surface area contributed by atoms with Gasteiger partial charge in [-0.3, -0.25) is 4.79 Å². The number of nitrogens with one attached hydrogen (secondary N) is 1. The molecule has 1 aromatic rings. The van der Waals surface area contributed by atoms with Crippen molar-refractivity contribution in [3.63, 3.8) is 0 Å². The van der Waals surface area contributed by atoms with Crippen LogP contribution < -0.4 is 11.1 Å². The van der Waals surface area contributed by atoms with Gasteiger partial charge in [0, 0.05) is 24.2 Å². The lowest BCUT2D eigenvalue weighted by atomic mass is 10.0. The van der Waals surface area contributed by atoms with Crippen LogP contribution in [0.25, 0.3) is 0 Å². The lowest BCUT2D eigenvalue weighted by Gasteiger charge is -2.22. The second-order valence-corrected chi connectivity index (χ2v) is 5.04. The predicted molar refractivity (Wildman–Crippen MR) is 66.8 cm³/mol. The average Bonchev–Trinajstić information content (AvgIpc) is 2.32. The van der Waals surface area contributed by atoms with Crippen LogP contribution in [0.5, 0.6) is 0 Å². The molecule has 1 aromatic heterocycles. The highest BCUT2D eigenvalue weighted by Crippen LogP contribution is 2.17. The minimum Gasteiger partial charge on any atom is -0.383 e. The monoisotopic (exact) mass is 237 g/mol. The summed E-state index contributed by atoms with van der Waals surface area (Å²) in [6.07, 6.45) is 1.68. The summed E-state index contributed by atoms with van der Waals surface area (Å²) in [7, 11) is 0. The van der Waals surface area contributed by atoms with E-state index in [0.29, 0.717) is 11.4 Å². The number of nitrogens with zero attached hydrogens (tertiary/aromatic N) is 1. The molecule has 16 heavy (non-hydrogen) atoms. The number of pyridine rings is 1. The number of hydrogen-bond acceptors (Lipinski definition) is 5. The molecule has 1 atom stereocenters. The van der Waals surface area contributed by atoms with Crippen LogP contribution in [0.2, 0.25) is 0 Å². The summed E-state index contributed by atoms with van der Waals surface area (Å²) in [5.74, 6) is 2.26. The van der Waals surface area contributed by atoms with Gasteiger partial charge in [-0.15, -0.1) is 0 Å². The summed E-state index contributed by atoms with van der Waals surface area (Å²) in [5.41, 5.74) is 7.23. The Kier molecular flexibility index (Phi) is 3.46. The van der Waals surface area contributed by atoms with Crippen LogP contribution in [0.3, 0.4) is 0 Å². The zero-order chi connectivity index (χ0) is 11.5. The van der Waals surface area contributed by atoms with Crippen molar-refractivity contribution in [3.8, 4) is 0 Å². The van der Waals surface area contributed by atoms with E-state index in [1.165, 1.54) is 0 Å². The molecule has 0 saturated carbocycles. The summed E-state index contributed by atoms with van der Waals surface area (Å²) in [6, 6.07) is 1.69. The average molecular weight is 237 g/mol. The maximum atomic E-state index is 12.2. The van der Waals surface area contributed by atoms with E-state index >= 15 is 0 Å². The molecule has 86 valence electrons. The van der Waals surface area contributed by atoms with Gasteiger partial charge in [-0.05, 0) is 18.6 Å². The molecule has 0 aromatic carbocycles. The maximum absolute atomic E-state index is 12.2. The predicted octanol–water partition coefficient (Wildman–Crippen LogP) is 0.860. The largest absolute Gasteiger partial charge is 0.383 e. The van der Waals surface area contributed by atoms with Gasteiger partial charge in [-0.25, -0.2) is 4.98 Å². The van der Waals surface area contributed by atoms with Crippen LogP contribution >= 0.6 is 11.8 Å². The van der Waals surface area contributed by atoms with Gasteiger partial charge in [0.2, 0.25) is 0 Å². The zero-order valence-corrected chi connectivity index (χ0v) is 10.0. The van der Waals surface area contributed by atoms with Gasteiger partial charge in [-0.2, -0.15) is 11.8 Å². The van der Waals surface area contributed by atoms with E-state index in [2.05, 4.69) is 10.3 Å². The summed E-state index contributed by atoms with van der Waals surface area (Å²) in [6.45, 7) is 2.78. The van der Waals surface area contributed by atoms with E-state index in [9.17, 15) is 4.79 Å². The molecular formula is C11H15N3OS. The summed E-state index contributed by atoms with van der Waals surface area (Å²) < 4.78 is 0. The second-order valence-electron chi connectivity index (χ2n) is 3.89. The summed E-state index contributed by atoms with van der Waals surface area (Å²) in [5, 5.41) is 3.21. The zero-order valence-electron chi connectivity index (χ0n) is 9.19. The number of aryl methyl sites for hydroxylation is 1. The number of thioether (sulfide) groups is 1. The lowest BCUT2D eigenvalue weighted by Crippen LogP contribution is -2.43. The van der Waals surface area contributed by atoms with Crippen LogP contribution in [-0.2, 0) is 0 Å². The number of ketones is 1. The third-order valence-electron chi connectivity index (χ3n) is 2.56. The van der Waals surface area contributed by atoms with Gasteiger partial charge < -0.3 is 11.1 Å². The van der Waals surface area contributed by atoms with Crippen molar-refractivity contribution >= 4 is 23.4 Å². The maximum Gasteiger partial charge on any atom is 0.184 e. The van der Waals surface area contributed by atoms with Gasteiger partial charge in [0.15, 0.2) is 5.78 Å². The van der Waals surface area contributed by atoms with E-state index in [1.807, 2.05) is 13.0 Å². The highest BCUT2D eigenvalue weighted by Gasteiger charge is 2.24. The van der Waals surface area contributed by atoms with E-state index in [-0.39, 0.29) is 11.8 Å². The van der Waals surface area contributed by atoms with Crippen molar-refractivity contribution in [1.29, 1.82) is 0 Å². The standard InChI is InChI=1S/C11H15N3OS/c1-7-4-8(11(12)14-5-7)10(15)9-6-16-3-2-13-9/h4-5,9,13H,2-3,6H2,1H3,(H2,12,14). The van der Waals surface area contributed by atoms with Crippen LogP contribution in [-0.4, -0.2) is 34.9 Å². The Balaban J connectivity index is 2.22. The van der Waals surface area contributed by atoms with Crippen molar-refractivity contribution in [3.05, 3.63) is 23.4 Å². The molecule has 1 aliphatic rings. The molecule has 0 bridgehead atoms. The highest BCUT2D eigenvalue weighted by atomic mass is 32.2. The Morgan fingerprint density at radius 1 is 1.69 bits per heavy atom. The molecule has 0 spiro atoms. The molecule has 5 heteroatoms. The molecule has 3 N–H and O–H groups in total. The lowest BCUT2D eigenvalue weighted by molar-refractivity contribution is 0.0953. The fraction of sp³-hybridized carbons (Fsp3) is 0.455. The first-order valence-electron chi connectivity index (χ1n) is 5.26. The normalized spacial score (nSPS) is 20.7. The fourth-order valence-corrected chi connectivity index (χ4v) is 2.63. The topological polar surface area (TPSA) is 68.0 Å². The van der Waals surface area contributed by atoms with Gasteiger partial charge in [0.25, 0.3) is 0 Å². The minimum absolute atomic E-state index is 0.0564. The number of nitrogen functional groups attached to an aromatic ring is 1. The molecule has 1 unspecified atom stereocenters. The smallest absolute Gasteiger partial charge is 0.184 e. The fourth-order valence-electron chi connectivity index (χ4n) is 1.70. The van der Waals surface area contributed by atoms with Gasteiger partial charge in [0.1, 0.15) is 5.82 Å². The third-order valence-corrected chi connectivity index (χ3v) is 3.62. The van der Waals surface area contributed by atoms with E-state index in [4.69, 9.17) is 5.73 Å². The first kappa shape index (κ1) is 11.4. The van der Waals surface area contributed by atoms with E-state index in [0.717, 1.165) is 23.6 Å². The summed E-state index contributed by atoms with van der Waals surface area (Å²) >= 11 is 1.79. The van der Waals surface area contributed by atoms with Crippen molar-refractivity contribution in [2.45, 2.75) is 13.0 Å². The first-order valence-corrected chi connectivity index (χ1v) is 6.41. The third kappa shape index (κ3) is 2.36. The van der Waals surface area contributed by atoms with E-state index in [1.54, 1.807) is 18.0 Å². The minimum atomic E-state index is -0.121. The summed E-state index contributed by atoms with van der Waals surface area (Å²) in [4.78, 5) is 16.2. The van der Waals surface area contributed by atoms with Crippen LogP contribution in [0.4, 0.5) is 5.82 Å². The molecule has 0 aliphatic carbocycles. The van der Waals surface area contributed by atoms with Crippen molar-refractivity contribution in [2.24, 2.45) is 0 Å². The Labute approximate surface area is 99.0 Å². The molecule has 0 amide bonds. The Morgan fingerprint density at radius 3 is 3.19 bits per heavy atom. The first-order chi connectivity index (χ1) is 7.68. The highest BCUT2D eigenvalue weighted by molar-refractivity contribution is 7.99. The molecule has 1 saturated heterocycles. The van der Waals surface area contributed by atoms with Crippen LogP contribution in [0.1, 0.15) is 15.9 Å². The Hall–Kier alpha value is -1.07. The van der Waals surface area contributed by atoms with Crippen LogP contribution in [0, 0.1) is 6.92 Å². The molecule has 4 nitrogen and oxygen atoms in total. The number of carbonyl (C=O) groups is 1. The Bertz CT molecular complexity index is 402. The van der Waals surface area contributed by atoms with Crippen molar-refractivity contribution in [2.75, 3.05) is 23.8 Å². The van der Waals surface area contributed by atoms with Crippen molar-refractivity contribution < 1.29 is 4.79 Å². The molecule has 0 radical (unpaired) electrons. The molecule has 2 heterocycles. The second kappa shape index (κ2) is 4.84. The van der Waals surface area contributed by atoms with Gasteiger partial charge >= 0.3 is 0 Å². The Morgan fingerprint density at radius 2 is 2.50 bits per heavy atom. The number of rotatable bonds is 2. The molecular weight excluding hydrogens is 222 g/mol. The molecule has 1 fully saturated rings. The van der Waals surface area contributed by atoms with E-state index < -0.39 is 0 Å². The number of anilines is 1. The molecule has 1 aliphatic heterocycles.